The van der Waals surface area contributed by atoms with Crippen LogP contribution < -0.4 is 5.32 Å². The summed E-state index contributed by atoms with van der Waals surface area (Å²) in [5.41, 5.74) is 4.82. The van der Waals surface area contributed by atoms with Crippen molar-refractivity contribution in [2.24, 2.45) is 0 Å². The molecule has 0 aliphatic carbocycles. The molecule has 1 N–H and O–H groups in total. The molecule has 0 radical (unpaired) electrons. The first-order chi connectivity index (χ1) is 12.6. The third kappa shape index (κ3) is 3.16. The second-order valence-corrected chi connectivity index (χ2v) is 6.93. The van der Waals surface area contributed by atoms with E-state index in [1.165, 1.54) is 0 Å². The fourth-order valence-electron chi connectivity index (χ4n) is 2.95. The van der Waals surface area contributed by atoms with Crippen LogP contribution >= 0.6 is 11.6 Å². The molecule has 130 valence electrons. The summed E-state index contributed by atoms with van der Waals surface area (Å²) in [6.45, 7) is 4.22. The number of anilines is 1. The number of nitrogens with zero attached hydrogens (tertiary/aromatic N) is 3. The van der Waals surface area contributed by atoms with Crippen LogP contribution in [0.2, 0.25) is 5.02 Å². The summed E-state index contributed by atoms with van der Waals surface area (Å²) in [7, 11) is 0. The Labute approximate surface area is 157 Å². The van der Waals surface area contributed by atoms with Crippen molar-refractivity contribution in [3.05, 3.63) is 71.9 Å². The van der Waals surface area contributed by atoms with Gasteiger partial charge in [0, 0.05) is 28.3 Å². The highest BCUT2D eigenvalue weighted by molar-refractivity contribution is 6.30. The molecule has 2 aromatic carbocycles. The Morgan fingerprint density at radius 3 is 2.38 bits per heavy atom. The van der Waals surface area contributed by atoms with Gasteiger partial charge in [-0.2, -0.15) is 9.61 Å². The Hall–Kier alpha value is -2.85. The minimum Gasteiger partial charge on any atom is -0.368 e. The predicted molar refractivity (Wildman–Crippen MR) is 108 cm³/mol. The molecule has 0 saturated heterocycles. The first kappa shape index (κ1) is 16.6. The van der Waals surface area contributed by atoms with Crippen molar-refractivity contribution < 1.29 is 0 Å². The highest BCUT2D eigenvalue weighted by Gasteiger charge is 2.14. The number of aromatic nitrogens is 3. The van der Waals surface area contributed by atoms with Gasteiger partial charge in [-0.3, -0.25) is 0 Å². The second-order valence-electron chi connectivity index (χ2n) is 6.49. The summed E-state index contributed by atoms with van der Waals surface area (Å²) >= 11 is 6.03. The zero-order valence-electron chi connectivity index (χ0n) is 14.6. The van der Waals surface area contributed by atoms with Crippen LogP contribution in [0, 0.1) is 0 Å². The van der Waals surface area contributed by atoms with Crippen LogP contribution in [-0.2, 0) is 0 Å². The lowest BCUT2D eigenvalue weighted by atomic mass is 10.1. The molecule has 26 heavy (non-hydrogen) atoms. The van der Waals surface area contributed by atoms with Crippen LogP contribution in [0.3, 0.4) is 0 Å². The monoisotopic (exact) mass is 362 g/mol. The summed E-state index contributed by atoms with van der Waals surface area (Å²) in [5.74, 6) is 0.920. The van der Waals surface area contributed by atoms with Gasteiger partial charge in [-0.25, -0.2) is 4.98 Å². The van der Waals surface area contributed by atoms with Gasteiger partial charge in [-0.05, 0) is 31.5 Å². The molecule has 0 atom stereocenters. The van der Waals surface area contributed by atoms with Crippen LogP contribution in [0.1, 0.15) is 13.8 Å². The summed E-state index contributed by atoms with van der Waals surface area (Å²) in [6.07, 6.45) is 1.85. The summed E-state index contributed by atoms with van der Waals surface area (Å²) in [4.78, 5) is 4.90. The first-order valence-corrected chi connectivity index (χ1v) is 8.96. The molecule has 0 spiro atoms. The van der Waals surface area contributed by atoms with Gasteiger partial charge in [-0.15, -0.1) is 0 Å². The standard InChI is InChI=1S/C21H19ClN4/c1-14(2)24-20-12-19(16-6-4-3-5-7-16)25-21-18(13-23-26(20)21)15-8-10-17(22)11-9-15/h3-14,24H,1-2H3. The number of fused-ring (bicyclic) bond motifs is 1. The van der Waals surface area contributed by atoms with E-state index in [2.05, 4.69) is 36.4 Å². The maximum Gasteiger partial charge on any atom is 0.165 e. The van der Waals surface area contributed by atoms with Crippen molar-refractivity contribution in [3.8, 4) is 22.4 Å². The van der Waals surface area contributed by atoms with Crippen LogP contribution in [0.15, 0.2) is 66.9 Å². The van der Waals surface area contributed by atoms with E-state index in [4.69, 9.17) is 16.6 Å². The number of rotatable bonds is 4. The smallest absolute Gasteiger partial charge is 0.165 e. The lowest BCUT2D eigenvalue weighted by molar-refractivity contribution is 0.852. The SMILES string of the molecule is CC(C)Nc1cc(-c2ccccc2)nc2c(-c3ccc(Cl)cc3)cnn12. The number of halogens is 1. The highest BCUT2D eigenvalue weighted by atomic mass is 35.5. The zero-order valence-corrected chi connectivity index (χ0v) is 15.4. The topological polar surface area (TPSA) is 42.2 Å². The maximum atomic E-state index is 6.03. The Bertz CT molecular complexity index is 1040. The molecule has 4 rings (SSSR count). The van der Waals surface area contributed by atoms with Crippen molar-refractivity contribution in [2.75, 3.05) is 5.32 Å². The fourth-order valence-corrected chi connectivity index (χ4v) is 3.08. The maximum absolute atomic E-state index is 6.03. The Balaban J connectivity index is 1.94. The molecule has 5 heteroatoms. The van der Waals surface area contributed by atoms with Crippen molar-refractivity contribution >= 4 is 23.1 Å². The molecular formula is C21H19ClN4. The van der Waals surface area contributed by atoms with E-state index in [0.717, 1.165) is 33.8 Å². The summed E-state index contributed by atoms with van der Waals surface area (Å²) < 4.78 is 1.86. The zero-order chi connectivity index (χ0) is 18.1. The van der Waals surface area contributed by atoms with Crippen LogP contribution in [0.4, 0.5) is 5.82 Å². The van der Waals surface area contributed by atoms with E-state index in [9.17, 15) is 0 Å². The van der Waals surface area contributed by atoms with Gasteiger partial charge >= 0.3 is 0 Å². The molecule has 0 aliphatic heterocycles. The average Bonchev–Trinajstić information content (AvgIpc) is 3.07. The van der Waals surface area contributed by atoms with Gasteiger partial charge in [0.1, 0.15) is 5.82 Å². The minimum absolute atomic E-state index is 0.285. The van der Waals surface area contributed by atoms with Gasteiger partial charge < -0.3 is 5.32 Å². The van der Waals surface area contributed by atoms with Crippen molar-refractivity contribution in [1.82, 2.24) is 14.6 Å². The molecule has 0 amide bonds. The Morgan fingerprint density at radius 2 is 1.69 bits per heavy atom. The van der Waals surface area contributed by atoms with Crippen molar-refractivity contribution in [3.63, 3.8) is 0 Å². The van der Waals surface area contributed by atoms with Gasteiger partial charge in [-0.1, -0.05) is 54.1 Å². The number of nitrogens with one attached hydrogen (secondary N) is 1. The molecule has 0 aliphatic rings. The van der Waals surface area contributed by atoms with E-state index < -0.39 is 0 Å². The quantitative estimate of drug-likeness (QED) is 0.518. The lowest BCUT2D eigenvalue weighted by Gasteiger charge is -2.13. The van der Waals surface area contributed by atoms with Gasteiger partial charge in [0.15, 0.2) is 5.65 Å². The second kappa shape index (κ2) is 6.81. The van der Waals surface area contributed by atoms with E-state index >= 15 is 0 Å². The molecule has 0 fully saturated rings. The summed E-state index contributed by atoms with van der Waals surface area (Å²) in [5, 5.41) is 8.75. The number of hydrogen-bond donors (Lipinski definition) is 1. The summed E-state index contributed by atoms with van der Waals surface area (Å²) in [6, 6.07) is 20.3. The number of hydrogen-bond acceptors (Lipinski definition) is 3. The Kier molecular flexibility index (Phi) is 4.35. The molecular weight excluding hydrogens is 344 g/mol. The molecule has 0 saturated carbocycles. The van der Waals surface area contributed by atoms with Crippen molar-refractivity contribution in [2.45, 2.75) is 19.9 Å². The van der Waals surface area contributed by atoms with Crippen molar-refractivity contribution in [1.29, 1.82) is 0 Å². The van der Waals surface area contributed by atoms with E-state index in [-0.39, 0.29) is 6.04 Å². The minimum atomic E-state index is 0.285. The van der Waals surface area contributed by atoms with Gasteiger partial charge in [0.2, 0.25) is 0 Å². The number of benzene rings is 2. The average molecular weight is 363 g/mol. The molecule has 0 unspecified atom stereocenters. The van der Waals surface area contributed by atoms with E-state index in [1.807, 2.05) is 59.2 Å². The largest absolute Gasteiger partial charge is 0.368 e. The molecule has 2 heterocycles. The molecule has 2 aromatic heterocycles. The van der Waals surface area contributed by atoms with Gasteiger partial charge in [0.05, 0.1) is 11.9 Å². The van der Waals surface area contributed by atoms with E-state index in [0.29, 0.717) is 5.02 Å². The third-order valence-electron chi connectivity index (χ3n) is 4.13. The lowest BCUT2D eigenvalue weighted by Crippen LogP contribution is -2.14. The fraction of sp³-hybridized carbons (Fsp3) is 0.143. The Morgan fingerprint density at radius 1 is 0.962 bits per heavy atom. The highest BCUT2D eigenvalue weighted by Crippen LogP contribution is 2.29. The van der Waals surface area contributed by atoms with Gasteiger partial charge in [0.25, 0.3) is 0 Å². The first-order valence-electron chi connectivity index (χ1n) is 8.58. The van der Waals surface area contributed by atoms with Crippen LogP contribution in [0.5, 0.6) is 0 Å². The molecule has 4 aromatic rings. The normalized spacial score (nSPS) is 11.2. The predicted octanol–water partition coefficient (Wildman–Crippen LogP) is 5.54. The van der Waals surface area contributed by atoms with E-state index in [1.54, 1.807) is 0 Å². The van der Waals surface area contributed by atoms with Crippen LogP contribution in [-0.4, -0.2) is 20.6 Å². The molecule has 0 bridgehead atoms. The third-order valence-corrected chi connectivity index (χ3v) is 4.39. The van der Waals surface area contributed by atoms with Crippen LogP contribution in [0.25, 0.3) is 28.0 Å². The molecule has 4 nitrogen and oxygen atoms in total.